The number of hydrogen-bond acceptors (Lipinski definition) is 10. The number of aromatic nitrogens is 2. The highest BCUT2D eigenvalue weighted by Gasteiger charge is 2.54. The summed E-state index contributed by atoms with van der Waals surface area (Å²) in [5.74, 6) is -0.499. The molecule has 1 spiro atoms. The number of nitrogens with zero attached hydrogens (tertiary/aromatic N) is 6. The van der Waals surface area contributed by atoms with Gasteiger partial charge in [-0.1, -0.05) is 24.3 Å². The van der Waals surface area contributed by atoms with E-state index in [0.29, 0.717) is 55.2 Å². The Morgan fingerprint density at radius 1 is 0.875 bits per heavy atom. The van der Waals surface area contributed by atoms with Crippen molar-refractivity contribution in [2.75, 3.05) is 56.4 Å². The Labute approximate surface area is 325 Å². The SMILES string of the molecule is COCOc1cc(-c2c(F)cc3c(N4CC5CCC(C4)N5C(=O)OC(C)(C)C)nc(N4CC5(CCCN5C(=O)OC(C)(C)C)C4)nc3c2F)c2ccccc2c1. The molecule has 2 atom stereocenters. The molecule has 2 amide bonds. The molecule has 2 bridgehead atoms. The number of carbonyl (C=O) groups is 2. The number of likely N-dealkylation sites (tertiary alicyclic amines) is 1. The van der Waals surface area contributed by atoms with E-state index in [-0.39, 0.29) is 53.5 Å². The van der Waals surface area contributed by atoms with Crippen LogP contribution in [0.1, 0.15) is 67.2 Å². The van der Waals surface area contributed by atoms with E-state index in [4.69, 9.17) is 28.9 Å². The van der Waals surface area contributed by atoms with Crippen LogP contribution in [-0.4, -0.2) is 107 Å². The molecule has 4 aromatic rings. The van der Waals surface area contributed by atoms with Crippen LogP contribution in [0.4, 0.5) is 30.1 Å². The minimum atomic E-state index is -0.819. The number of methoxy groups -OCH3 is 1. The standard InChI is InChI=1S/C42H50F2N6O6/c1-40(2,3)55-38(51)49-16-10-15-42(49)22-48(23-42)37-45-35-31(36(46-37)47-20-26-13-14-27(21-47)50(26)39(52)56-41(4,5)6)19-32(43)33(34(35)44)30-18-28(54-24-53-7)17-25-11-8-9-12-29(25)30/h8-9,11-12,17-19,26-27H,10,13-16,20-24H2,1-7H3. The van der Waals surface area contributed by atoms with Crippen LogP contribution in [0.5, 0.6) is 5.75 Å². The summed E-state index contributed by atoms with van der Waals surface area (Å²) in [6, 6.07) is 11.8. The van der Waals surface area contributed by atoms with E-state index in [9.17, 15) is 9.59 Å². The zero-order valence-electron chi connectivity index (χ0n) is 33.2. The minimum Gasteiger partial charge on any atom is -0.468 e. The van der Waals surface area contributed by atoms with E-state index in [1.54, 1.807) is 6.07 Å². The molecule has 1 aromatic heterocycles. The summed E-state index contributed by atoms with van der Waals surface area (Å²) < 4.78 is 56.5. The Bertz CT molecular complexity index is 2180. The number of halogens is 2. The Balaban J connectivity index is 1.22. The maximum Gasteiger partial charge on any atom is 0.410 e. The summed E-state index contributed by atoms with van der Waals surface area (Å²) in [6.45, 7) is 13.3. The molecule has 4 aliphatic heterocycles. The number of ether oxygens (including phenoxy) is 4. The van der Waals surface area contributed by atoms with Crippen molar-refractivity contribution in [2.45, 2.75) is 96.1 Å². The van der Waals surface area contributed by atoms with Gasteiger partial charge in [0.2, 0.25) is 5.95 Å². The fourth-order valence-electron chi connectivity index (χ4n) is 8.86. The molecular weight excluding hydrogens is 722 g/mol. The lowest BCUT2D eigenvalue weighted by Crippen LogP contribution is -2.69. The van der Waals surface area contributed by atoms with Gasteiger partial charge in [-0.25, -0.2) is 23.4 Å². The first-order valence-corrected chi connectivity index (χ1v) is 19.4. The highest BCUT2D eigenvalue weighted by atomic mass is 19.1. The van der Waals surface area contributed by atoms with Crippen molar-refractivity contribution in [1.29, 1.82) is 0 Å². The first-order valence-electron chi connectivity index (χ1n) is 19.4. The van der Waals surface area contributed by atoms with Gasteiger partial charge < -0.3 is 28.7 Å². The third-order valence-electron chi connectivity index (χ3n) is 11.1. The lowest BCUT2D eigenvalue weighted by molar-refractivity contribution is 0.00205. The third kappa shape index (κ3) is 6.90. The molecule has 0 saturated carbocycles. The molecule has 56 heavy (non-hydrogen) atoms. The summed E-state index contributed by atoms with van der Waals surface area (Å²) in [4.78, 5) is 44.1. The van der Waals surface area contributed by atoms with E-state index in [1.807, 2.05) is 91.5 Å². The van der Waals surface area contributed by atoms with Gasteiger partial charge in [0.05, 0.1) is 23.2 Å². The number of hydrogen-bond donors (Lipinski definition) is 0. The van der Waals surface area contributed by atoms with Crippen molar-refractivity contribution in [3.8, 4) is 16.9 Å². The van der Waals surface area contributed by atoms with Gasteiger partial charge in [0.25, 0.3) is 0 Å². The lowest BCUT2D eigenvalue weighted by Gasteiger charge is -2.52. The predicted octanol–water partition coefficient (Wildman–Crippen LogP) is 7.89. The predicted molar refractivity (Wildman–Crippen MR) is 209 cm³/mol. The fourth-order valence-corrected chi connectivity index (χ4v) is 8.86. The molecule has 4 fully saturated rings. The van der Waals surface area contributed by atoms with Gasteiger partial charge in [-0.05, 0) is 102 Å². The molecule has 5 heterocycles. The van der Waals surface area contributed by atoms with Crippen LogP contribution < -0.4 is 14.5 Å². The number of amides is 2. The van der Waals surface area contributed by atoms with Crippen LogP contribution in [0.25, 0.3) is 32.8 Å². The van der Waals surface area contributed by atoms with Gasteiger partial charge in [0.1, 0.15) is 34.1 Å². The largest absolute Gasteiger partial charge is 0.468 e. The maximum absolute atomic E-state index is 17.4. The summed E-state index contributed by atoms with van der Waals surface area (Å²) in [7, 11) is 1.50. The number of rotatable bonds is 6. The molecule has 2 unspecified atom stereocenters. The summed E-state index contributed by atoms with van der Waals surface area (Å²) in [6.07, 6.45) is 2.45. The smallest absolute Gasteiger partial charge is 0.410 e. The monoisotopic (exact) mass is 772 g/mol. The summed E-state index contributed by atoms with van der Waals surface area (Å²) in [5.41, 5.74) is -1.68. The molecule has 0 N–H and O–H groups in total. The van der Waals surface area contributed by atoms with Crippen LogP contribution in [0.3, 0.4) is 0 Å². The molecule has 298 valence electrons. The number of fused-ring (bicyclic) bond motifs is 4. The zero-order valence-corrected chi connectivity index (χ0v) is 33.2. The maximum atomic E-state index is 17.4. The van der Waals surface area contributed by atoms with Crippen molar-refractivity contribution in [1.82, 2.24) is 19.8 Å². The first-order chi connectivity index (χ1) is 26.5. The highest BCUT2D eigenvalue weighted by molar-refractivity contribution is 6.02. The van der Waals surface area contributed by atoms with E-state index in [2.05, 4.69) is 0 Å². The average molecular weight is 773 g/mol. The van der Waals surface area contributed by atoms with Crippen molar-refractivity contribution in [3.05, 3.63) is 54.1 Å². The second-order valence-electron chi connectivity index (χ2n) is 17.5. The molecule has 12 nitrogen and oxygen atoms in total. The van der Waals surface area contributed by atoms with Crippen molar-refractivity contribution in [3.63, 3.8) is 0 Å². The van der Waals surface area contributed by atoms with E-state index in [1.165, 1.54) is 13.2 Å². The topological polar surface area (TPSA) is 110 Å². The molecule has 8 rings (SSSR count). The van der Waals surface area contributed by atoms with Crippen LogP contribution in [-0.2, 0) is 14.2 Å². The van der Waals surface area contributed by atoms with Gasteiger partial charge >= 0.3 is 12.2 Å². The summed E-state index contributed by atoms with van der Waals surface area (Å²) in [5, 5.41) is 1.63. The number of benzene rings is 3. The number of carbonyl (C=O) groups excluding carboxylic acids is 2. The van der Waals surface area contributed by atoms with Gasteiger partial charge in [-0.3, -0.25) is 9.80 Å². The quantitative estimate of drug-likeness (QED) is 0.180. The van der Waals surface area contributed by atoms with E-state index < -0.39 is 28.4 Å². The van der Waals surface area contributed by atoms with Crippen LogP contribution in [0, 0.1) is 11.6 Å². The first kappa shape index (κ1) is 37.9. The number of anilines is 2. The second kappa shape index (κ2) is 13.9. The lowest BCUT2D eigenvalue weighted by atomic mass is 9.87. The second-order valence-corrected chi connectivity index (χ2v) is 17.5. The Morgan fingerprint density at radius 3 is 2.23 bits per heavy atom. The van der Waals surface area contributed by atoms with Crippen molar-refractivity contribution < 1.29 is 37.3 Å². The van der Waals surface area contributed by atoms with Gasteiger partial charge in [-0.2, -0.15) is 4.98 Å². The molecule has 0 radical (unpaired) electrons. The Kier molecular flexibility index (Phi) is 9.41. The van der Waals surface area contributed by atoms with Gasteiger partial charge in [0, 0.05) is 45.2 Å². The molecule has 4 saturated heterocycles. The highest BCUT2D eigenvalue weighted by Crippen LogP contribution is 2.44. The molecular formula is C42H50F2N6O6. The zero-order chi connectivity index (χ0) is 39.7. The summed E-state index contributed by atoms with van der Waals surface area (Å²) >= 11 is 0. The molecule has 3 aromatic carbocycles. The average Bonchev–Trinajstić information content (AvgIpc) is 3.67. The van der Waals surface area contributed by atoms with Crippen LogP contribution >= 0.6 is 0 Å². The van der Waals surface area contributed by atoms with Crippen molar-refractivity contribution >= 4 is 45.6 Å². The van der Waals surface area contributed by atoms with Crippen molar-refractivity contribution in [2.24, 2.45) is 0 Å². The number of piperazine rings is 1. The van der Waals surface area contributed by atoms with E-state index >= 15 is 8.78 Å². The van der Waals surface area contributed by atoms with Gasteiger partial charge in [0.15, 0.2) is 12.6 Å². The normalized spacial score (nSPS) is 20.6. The molecule has 4 aliphatic rings. The van der Waals surface area contributed by atoms with Gasteiger partial charge in [-0.15, -0.1) is 0 Å². The fraction of sp³-hybridized carbons (Fsp3) is 0.524. The van der Waals surface area contributed by atoms with E-state index in [0.717, 1.165) is 31.1 Å². The third-order valence-corrected chi connectivity index (χ3v) is 11.1. The Hall–Kier alpha value is -4.98. The minimum absolute atomic E-state index is 0.0213. The Morgan fingerprint density at radius 2 is 1.55 bits per heavy atom. The molecule has 14 heteroatoms. The van der Waals surface area contributed by atoms with Crippen LogP contribution in [0.2, 0.25) is 0 Å². The van der Waals surface area contributed by atoms with Crippen LogP contribution in [0.15, 0.2) is 42.5 Å². The molecule has 0 aliphatic carbocycles.